The first-order valence-electron chi connectivity index (χ1n) is 6.01. The van der Waals surface area contributed by atoms with Crippen molar-refractivity contribution < 1.29 is 14.3 Å². The van der Waals surface area contributed by atoms with E-state index in [-0.39, 0.29) is 11.9 Å². The van der Waals surface area contributed by atoms with Crippen molar-refractivity contribution in [3.8, 4) is 0 Å². The second-order valence-electron chi connectivity index (χ2n) is 4.30. The molecule has 0 bridgehead atoms. The van der Waals surface area contributed by atoms with E-state index in [4.69, 9.17) is 11.7 Å². The van der Waals surface area contributed by atoms with Crippen LogP contribution in [0.5, 0.6) is 0 Å². The molecule has 0 aromatic heterocycles. The minimum atomic E-state index is -0.517. The molecule has 1 unspecified atom stereocenters. The van der Waals surface area contributed by atoms with Gasteiger partial charge < -0.3 is 15.0 Å². The number of morpholine rings is 1. The minimum Gasteiger partial charge on any atom is -0.378 e. The molecule has 1 atom stereocenters. The highest BCUT2D eigenvalue weighted by molar-refractivity contribution is 5.80. The Balaban J connectivity index is 2.12. The highest BCUT2D eigenvalue weighted by atomic mass is 16.5. The summed E-state index contributed by atoms with van der Waals surface area (Å²) in [7, 11) is 0. The molecular formula is C12H20N2O3. The predicted molar refractivity (Wildman–Crippen MR) is 63.2 cm³/mol. The average molecular weight is 240 g/mol. The summed E-state index contributed by atoms with van der Waals surface area (Å²) in [6.45, 7) is 9.52. The second-order valence-corrected chi connectivity index (χ2v) is 4.30. The molecule has 1 heterocycles. The number of hydrogen-bond acceptors (Lipinski definition) is 3. The number of hydrogen-bond donors (Lipinski definition) is 1. The molecule has 17 heavy (non-hydrogen) atoms. The molecule has 2 radical (unpaired) electrons. The Morgan fingerprint density at radius 3 is 2.65 bits per heavy atom. The lowest BCUT2D eigenvalue weighted by Gasteiger charge is -2.27. The van der Waals surface area contributed by atoms with Gasteiger partial charge in [-0.1, -0.05) is 0 Å². The highest BCUT2D eigenvalue weighted by Crippen LogP contribution is 2.06. The van der Waals surface area contributed by atoms with Gasteiger partial charge in [-0.15, -0.1) is 0 Å². The summed E-state index contributed by atoms with van der Waals surface area (Å²) in [4.78, 5) is 24.2. The van der Waals surface area contributed by atoms with E-state index in [0.717, 1.165) is 12.8 Å². The molecule has 0 aliphatic carbocycles. The number of carbonyl (C=O) groups is 2. The van der Waals surface area contributed by atoms with E-state index in [0.29, 0.717) is 32.7 Å². The summed E-state index contributed by atoms with van der Waals surface area (Å²) in [6, 6.07) is 0.0185. The van der Waals surface area contributed by atoms with Crippen molar-refractivity contribution in [1.82, 2.24) is 10.2 Å². The molecule has 0 spiro atoms. The van der Waals surface area contributed by atoms with Gasteiger partial charge in [0.2, 0.25) is 11.8 Å². The van der Waals surface area contributed by atoms with Crippen LogP contribution in [0.1, 0.15) is 26.2 Å². The van der Waals surface area contributed by atoms with E-state index in [2.05, 4.69) is 5.32 Å². The Kier molecular flexibility index (Phi) is 5.97. The lowest BCUT2D eigenvalue weighted by atomic mass is 10.1. The standard InChI is InChI=1S/C12H20N2O3/c1-10(13-11(2)15)4-3-5-12(16)14-6-8-17-9-7-14/h2,10H,3-9H2,1H3,(H,13,15). The van der Waals surface area contributed by atoms with Crippen LogP contribution in [0.25, 0.3) is 0 Å². The van der Waals surface area contributed by atoms with Crippen LogP contribution in [-0.2, 0) is 14.3 Å². The molecule has 5 nitrogen and oxygen atoms in total. The molecule has 1 aliphatic rings. The van der Waals surface area contributed by atoms with E-state index in [9.17, 15) is 9.59 Å². The number of ether oxygens (including phenoxy) is 1. The smallest absolute Gasteiger partial charge is 0.224 e. The van der Waals surface area contributed by atoms with Crippen molar-refractivity contribution in [3.63, 3.8) is 0 Å². The van der Waals surface area contributed by atoms with Crippen LogP contribution in [0.15, 0.2) is 0 Å². The zero-order chi connectivity index (χ0) is 12.7. The van der Waals surface area contributed by atoms with Crippen molar-refractivity contribution in [1.29, 1.82) is 0 Å². The fourth-order valence-electron chi connectivity index (χ4n) is 1.85. The molecule has 1 fully saturated rings. The molecule has 0 saturated carbocycles. The Morgan fingerprint density at radius 2 is 2.06 bits per heavy atom. The molecule has 1 aliphatic heterocycles. The van der Waals surface area contributed by atoms with Crippen molar-refractivity contribution in [2.24, 2.45) is 0 Å². The summed E-state index contributed by atoms with van der Waals surface area (Å²) >= 11 is 0. The van der Waals surface area contributed by atoms with Gasteiger partial charge in [-0.3, -0.25) is 9.59 Å². The first-order valence-corrected chi connectivity index (χ1v) is 6.01. The lowest BCUT2D eigenvalue weighted by Crippen LogP contribution is -2.40. The van der Waals surface area contributed by atoms with Crippen LogP contribution in [0.2, 0.25) is 0 Å². The summed E-state index contributed by atoms with van der Waals surface area (Å²) in [5, 5.41) is 2.59. The monoisotopic (exact) mass is 240 g/mol. The number of nitrogens with one attached hydrogen (secondary N) is 1. The van der Waals surface area contributed by atoms with Gasteiger partial charge in [0.1, 0.15) is 0 Å². The first-order chi connectivity index (χ1) is 8.09. The van der Waals surface area contributed by atoms with Gasteiger partial charge in [0.25, 0.3) is 0 Å². The van der Waals surface area contributed by atoms with E-state index >= 15 is 0 Å². The summed E-state index contributed by atoms with van der Waals surface area (Å²) in [6.07, 6.45) is 2.04. The summed E-state index contributed by atoms with van der Waals surface area (Å²) < 4.78 is 5.18. The van der Waals surface area contributed by atoms with Gasteiger partial charge >= 0.3 is 0 Å². The first kappa shape index (κ1) is 14.0. The van der Waals surface area contributed by atoms with E-state index in [1.165, 1.54) is 0 Å². The zero-order valence-electron chi connectivity index (χ0n) is 10.3. The average Bonchev–Trinajstić information content (AvgIpc) is 2.29. The van der Waals surface area contributed by atoms with Gasteiger partial charge in [-0.05, 0) is 19.8 Å². The number of carbonyl (C=O) groups excluding carboxylic acids is 2. The maximum absolute atomic E-state index is 11.8. The molecular weight excluding hydrogens is 220 g/mol. The van der Waals surface area contributed by atoms with E-state index in [1.54, 1.807) is 0 Å². The maximum Gasteiger partial charge on any atom is 0.224 e. The van der Waals surface area contributed by atoms with Crippen LogP contribution < -0.4 is 5.32 Å². The van der Waals surface area contributed by atoms with E-state index < -0.39 is 5.91 Å². The van der Waals surface area contributed by atoms with Crippen molar-refractivity contribution in [2.75, 3.05) is 26.3 Å². The Morgan fingerprint density at radius 1 is 1.41 bits per heavy atom. The SMILES string of the molecule is [CH]C(=O)NC(C)CCCC(=O)N1CCOCC1. The van der Waals surface area contributed by atoms with Crippen LogP contribution in [0.4, 0.5) is 0 Å². The second kappa shape index (κ2) is 7.27. The third-order valence-corrected chi connectivity index (χ3v) is 2.78. The largest absolute Gasteiger partial charge is 0.378 e. The lowest BCUT2D eigenvalue weighted by molar-refractivity contribution is -0.135. The van der Waals surface area contributed by atoms with Gasteiger partial charge in [0.15, 0.2) is 0 Å². The molecule has 0 aromatic rings. The fourth-order valence-corrected chi connectivity index (χ4v) is 1.85. The highest BCUT2D eigenvalue weighted by Gasteiger charge is 2.16. The minimum absolute atomic E-state index is 0.0185. The fraction of sp³-hybridized carbons (Fsp3) is 0.750. The normalized spacial score (nSPS) is 17.6. The topological polar surface area (TPSA) is 58.6 Å². The van der Waals surface area contributed by atoms with Crippen molar-refractivity contribution in [2.45, 2.75) is 32.2 Å². The summed E-state index contributed by atoms with van der Waals surface area (Å²) in [5.41, 5.74) is 0. The quantitative estimate of drug-likeness (QED) is 0.748. The predicted octanol–water partition coefficient (Wildman–Crippen LogP) is 0.231. The molecule has 1 saturated heterocycles. The Bertz CT molecular complexity index is 262. The number of rotatable bonds is 5. The van der Waals surface area contributed by atoms with E-state index in [1.807, 2.05) is 11.8 Å². The molecule has 0 aromatic carbocycles. The van der Waals surface area contributed by atoms with Crippen LogP contribution in [-0.4, -0.2) is 49.1 Å². The molecule has 2 amide bonds. The maximum atomic E-state index is 11.8. The molecule has 1 rings (SSSR count). The molecule has 1 N–H and O–H groups in total. The Labute approximate surface area is 102 Å². The van der Waals surface area contributed by atoms with Gasteiger partial charge in [0, 0.05) is 25.6 Å². The number of nitrogens with zero attached hydrogens (tertiary/aromatic N) is 1. The third kappa shape index (κ3) is 5.68. The summed E-state index contributed by atoms with van der Waals surface area (Å²) in [5.74, 6) is -0.350. The van der Waals surface area contributed by atoms with Gasteiger partial charge in [0.05, 0.1) is 20.1 Å². The molecule has 96 valence electrons. The zero-order valence-corrected chi connectivity index (χ0v) is 10.3. The van der Waals surface area contributed by atoms with Crippen LogP contribution in [0, 0.1) is 6.92 Å². The van der Waals surface area contributed by atoms with Crippen molar-refractivity contribution in [3.05, 3.63) is 6.92 Å². The molecule has 5 heteroatoms. The Hall–Kier alpha value is -1.10. The number of amides is 2. The van der Waals surface area contributed by atoms with Gasteiger partial charge in [-0.2, -0.15) is 0 Å². The van der Waals surface area contributed by atoms with Crippen molar-refractivity contribution >= 4 is 11.8 Å². The van der Waals surface area contributed by atoms with Gasteiger partial charge in [-0.25, -0.2) is 0 Å². The van der Waals surface area contributed by atoms with Crippen LogP contribution >= 0.6 is 0 Å². The third-order valence-electron chi connectivity index (χ3n) is 2.78. The van der Waals surface area contributed by atoms with Crippen LogP contribution in [0.3, 0.4) is 0 Å².